The lowest BCUT2D eigenvalue weighted by molar-refractivity contribution is 0.640. The van der Waals surface area contributed by atoms with Crippen LogP contribution in [0.4, 0.5) is 5.69 Å². The number of rotatable bonds is 2. The summed E-state index contributed by atoms with van der Waals surface area (Å²) < 4.78 is 0. The molecule has 17 heavy (non-hydrogen) atoms. The van der Waals surface area contributed by atoms with E-state index < -0.39 is 0 Å². The topological polar surface area (TPSA) is 27.1 Å². The van der Waals surface area contributed by atoms with Crippen LogP contribution in [0.1, 0.15) is 19.4 Å². The summed E-state index contributed by atoms with van der Waals surface area (Å²) in [4.78, 5) is 2.23. The van der Waals surface area contributed by atoms with E-state index in [0.717, 1.165) is 0 Å². The largest absolute Gasteiger partial charge is 0.347 e. The minimum Gasteiger partial charge on any atom is -0.347 e. The number of para-hydroxylation sites is 1. The summed E-state index contributed by atoms with van der Waals surface area (Å²) in [5.74, 6) is 0. The van der Waals surface area contributed by atoms with E-state index in [2.05, 4.69) is 56.1 Å². The van der Waals surface area contributed by atoms with Crippen molar-refractivity contribution >= 4 is 11.9 Å². The maximum atomic E-state index is 7.00. The molecule has 0 aliphatic carbocycles. The maximum Gasteiger partial charge on any atom is 0.0447 e. The second kappa shape index (κ2) is 4.21. The Morgan fingerprint density at radius 2 is 1.88 bits per heavy atom. The molecule has 0 atom stereocenters. The van der Waals surface area contributed by atoms with Gasteiger partial charge in [-0.15, -0.1) is 0 Å². The fraction of sp³-hybridized carbons (Fsp3) is 0.267. The Morgan fingerprint density at radius 1 is 1.18 bits per heavy atom. The fourth-order valence-corrected chi connectivity index (χ4v) is 2.50. The number of fused-ring (bicyclic) bond motifs is 1. The molecule has 2 heteroatoms. The van der Waals surface area contributed by atoms with Crippen molar-refractivity contribution in [3.63, 3.8) is 0 Å². The van der Waals surface area contributed by atoms with E-state index in [1.165, 1.54) is 23.2 Å². The average Bonchev–Trinajstić information content (AvgIpc) is 2.51. The van der Waals surface area contributed by atoms with Crippen LogP contribution in [-0.4, -0.2) is 13.3 Å². The lowest BCUT2D eigenvalue weighted by atomic mass is 9.84. The van der Waals surface area contributed by atoms with E-state index in [0.29, 0.717) is 0 Å². The van der Waals surface area contributed by atoms with Gasteiger partial charge in [0.25, 0.3) is 0 Å². The van der Waals surface area contributed by atoms with Crippen LogP contribution in [-0.2, 0) is 5.41 Å². The number of allylic oxidation sites excluding steroid dienone is 4. The highest BCUT2D eigenvalue weighted by molar-refractivity contribution is 5.71. The molecule has 2 nitrogen and oxygen atoms in total. The molecule has 0 spiro atoms. The Hall–Kier alpha value is -1.83. The number of benzene rings is 1. The van der Waals surface area contributed by atoms with Crippen LogP contribution in [0.15, 0.2) is 48.2 Å². The zero-order valence-electron chi connectivity index (χ0n) is 10.6. The van der Waals surface area contributed by atoms with Crippen LogP contribution in [0.3, 0.4) is 0 Å². The lowest BCUT2D eigenvalue weighted by Crippen LogP contribution is -2.22. The van der Waals surface area contributed by atoms with Gasteiger partial charge in [-0.3, -0.25) is 0 Å². The third-order valence-corrected chi connectivity index (χ3v) is 3.40. The second-order valence-corrected chi connectivity index (χ2v) is 4.80. The fourth-order valence-electron chi connectivity index (χ4n) is 2.50. The Balaban J connectivity index is 2.50. The quantitative estimate of drug-likeness (QED) is 0.768. The average molecular weight is 226 g/mol. The van der Waals surface area contributed by atoms with Crippen LogP contribution < -0.4 is 4.90 Å². The van der Waals surface area contributed by atoms with Crippen LogP contribution in [0.2, 0.25) is 0 Å². The predicted molar refractivity (Wildman–Crippen MR) is 73.9 cm³/mol. The zero-order chi connectivity index (χ0) is 12.5. The van der Waals surface area contributed by atoms with Crippen LogP contribution in [0, 0.1) is 5.41 Å². The molecule has 0 fully saturated rings. The summed E-state index contributed by atoms with van der Waals surface area (Å²) in [6.45, 7) is 4.47. The number of hydrogen-bond acceptors (Lipinski definition) is 2. The molecule has 0 bridgehead atoms. The summed E-state index contributed by atoms with van der Waals surface area (Å²) >= 11 is 0. The van der Waals surface area contributed by atoms with E-state index in [1.54, 1.807) is 6.08 Å². The molecule has 0 amide bonds. The minimum atomic E-state index is 0.0255. The Labute approximate surface area is 103 Å². The zero-order valence-corrected chi connectivity index (χ0v) is 10.6. The van der Waals surface area contributed by atoms with Crippen molar-refractivity contribution in [1.82, 2.24) is 0 Å². The molecule has 1 N–H and O–H groups in total. The molecule has 0 aromatic heterocycles. The third-order valence-electron chi connectivity index (χ3n) is 3.40. The van der Waals surface area contributed by atoms with Crippen molar-refractivity contribution in [3.8, 4) is 0 Å². The molecular weight excluding hydrogens is 208 g/mol. The Kier molecular flexibility index (Phi) is 2.88. The molecule has 0 saturated carbocycles. The second-order valence-electron chi connectivity index (χ2n) is 4.80. The van der Waals surface area contributed by atoms with Crippen molar-refractivity contribution in [2.45, 2.75) is 19.3 Å². The van der Waals surface area contributed by atoms with Crippen LogP contribution in [0.5, 0.6) is 0 Å². The van der Waals surface area contributed by atoms with Gasteiger partial charge in [-0.1, -0.05) is 38.1 Å². The molecule has 1 aromatic rings. The van der Waals surface area contributed by atoms with E-state index in [4.69, 9.17) is 5.41 Å². The summed E-state index contributed by atoms with van der Waals surface area (Å²) in [5, 5.41) is 7.00. The van der Waals surface area contributed by atoms with Gasteiger partial charge < -0.3 is 10.3 Å². The van der Waals surface area contributed by atoms with E-state index in [9.17, 15) is 0 Å². The van der Waals surface area contributed by atoms with Crippen molar-refractivity contribution < 1.29 is 0 Å². The molecule has 1 aromatic carbocycles. The monoisotopic (exact) mass is 226 g/mol. The third kappa shape index (κ3) is 1.80. The normalized spacial score (nSPS) is 19.9. The number of anilines is 1. The highest BCUT2D eigenvalue weighted by Gasteiger charge is 2.37. The number of likely N-dealkylation sites (N-methyl/N-ethyl adjacent to an activating group) is 1. The van der Waals surface area contributed by atoms with Gasteiger partial charge in [-0.25, -0.2) is 0 Å². The van der Waals surface area contributed by atoms with Gasteiger partial charge in [-0.2, -0.15) is 0 Å². The first-order chi connectivity index (χ1) is 8.09. The number of nitrogens with zero attached hydrogens (tertiary/aromatic N) is 1. The van der Waals surface area contributed by atoms with Gasteiger partial charge in [-0.05, 0) is 23.8 Å². The van der Waals surface area contributed by atoms with Crippen molar-refractivity contribution in [3.05, 3.63) is 53.8 Å². The molecule has 1 aliphatic heterocycles. The lowest BCUT2D eigenvalue weighted by Gasteiger charge is -2.23. The molecule has 0 saturated heterocycles. The van der Waals surface area contributed by atoms with Gasteiger partial charge in [0.2, 0.25) is 0 Å². The SMILES string of the molecule is CN1/C(=C\C=C\C=N)C(C)(C)c2ccccc21. The minimum absolute atomic E-state index is 0.0255. The molecule has 1 heterocycles. The van der Waals surface area contributed by atoms with Crippen molar-refractivity contribution in [1.29, 1.82) is 5.41 Å². The van der Waals surface area contributed by atoms with E-state index in [-0.39, 0.29) is 5.41 Å². The standard InChI is InChI=1S/C15H18N2/c1-15(2)12-8-4-5-9-13(12)17(3)14(15)10-6-7-11-16/h4-11,16H,1-3H3/b7-6+,14-10-,16-11?. The van der Waals surface area contributed by atoms with Gasteiger partial charge in [0, 0.05) is 30.1 Å². The van der Waals surface area contributed by atoms with Gasteiger partial charge in [0.1, 0.15) is 0 Å². The summed E-state index contributed by atoms with van der Waals surface area (Å²) in [6.07, 6.45) is 7.05. The molecule has 0 radical (unpaired) electrons. The smallest absolute Gasteiger partial charge is 0.0447 e. The number of nitrogens with one attached hydrogen (secondary N) is 1. The van der Waals surface area contributed by atoms with Crippen molar-refractivity contribution in [2.24, 2.45) is 0 Å². The highest BCUT2D eigenvalue weighted by Crippen LogP contribution is 2.46. The van der Waals surface area contributed by atoms with Gasteiger partial charge in [0.15, 0.2) is 0 Å². The first-order valence-corrected chi connectivity index (χ1v) is 5.80. The summed E-state index contributed by atoms with van der Waals surface area (Å²) in [7, 11) is 2.09. The first-order valence-electron chi connectivity index (χ1n) is 5.80. The van der Waals surface area contributed by atoms with Gasteiger partial charge >= 0.3 is 0 Å². The highest BCUT2D eigenvalue weighted by atomic mass is 15.2. The Bertz CT molecular complexity index is 495. The van der Waals surface area contributed by atoms with Gasteiger partial charge in [0.05, 0.1) is 0 Å². The molecule has 2 rings (SSSR count). The van der Waals surface area contributed by atoms with Crippen LogP contribution in [0.25, 0.3) is 0 Å². The van der Waals surface area contributed by atoms with Crippen molar-refractivity contribution in [2.75, 3.05) is 11.9 Å². The van der Waals surface area contributed by atoms with E-state index in [1.807, 2.05) is 6.08 Å². The molecule has 1 aliphatic rings. The molecular formula is C15H18N2. The summed E-state index contributed by atoms with van der Waals surface area (Å²) in [6, 6.07) is 8.50. The first kappa shape index (κ1) is 11.6. The number of hydrogen-bond donors (Lipinski definition) is 1. The van der Waals surface area contributed by atoms with E-state index >= 15 is 0 Å². The Morgan fingerprint density at radius 3 is 2.53 bits per heavy atom. The molecule has 88 valence electrons. The van der Waals surface area contributed by atoms with Crippen LogP contribution >= 0.6 is 0 Å². The maximum absolute atomic E-state index is 7.00. The predicted octanol–water partition coefficient (Wildman–Crippen LogP) is 3.50. The summed E-state index contributed by atoms with van der Waals surface area (Å²) in [5.41, 5.74) is 3.92. The molecule has 0 unspecified atom stereocenters.